The minimum absolute atomic E-state index is 0.0268. The molecule has 3 aromatic rings. The second-order valence-corrected chi connectivity index (χ2v) is 9.89. The van der Waals surface area contributed by atoms with Gasteiger partial charge in [0.25, 0.3) is 10.0 Å². The number of carbonyl (C=O) groups is 1. The van der Waals surface area contributed by atoms with E-state index in [0.717, 1.165) is 9.87 Å². The van der Waals surface area contributed by atoms with Crippen molar-refractivity contribution in [3.63, 3.8) is 0 Å². The molecule has 0 spiro atoms. The second kappa shape index (κ2) is 12.5. The van der Waals surface area contributed by atoms with Crippen molar-refractivity contribution in [1.82, 2.24) is 5.32 Å². The summed E-state index contributed by atoms with van der Waals surface area (Å²) in [5, 5.41) is 3.24. The molecule has 0 aromatic heterocycles. The topological polar surface area (TPSA) is 94.2 Å². The van der Waals surface area contributed by atoms with Gasteiger partial charge in [0.1, 0.15) is 12.3 Å². The highest BCUT2D eigenvalue weighted by Gasteiger charge is 2.27. The molecule has 0 heterocycles. The van der Waals surface area contributed by atoms with Gasteiger partial charge in [-0.3, -0.25) is 9.10 Å². The van der Waals surface area contributed by atoms with Gasteiger partial charge in [-0.05, 0) is 80.1 Å². The number of amides is 1. The number of carbonyl (C=O) groups excluding carboxylic acids is 1. The summed E-state index contributed by atoms with van der Waals surface area (Å²) in [7, 11) is -2.56. The van der Waals surface area contributed by atoms with Crippen molar-refractivity contribution < 1.29 is 27.4 Å². The third-order valence-electron chi connectivity index (χ3n) is 5.15. The van der Waals surface area contributed by atoms with Crippen molar-refractivity contribution in [1.29, 1.82) is 0 Å². The lowest BCUT2D eigenvalue weighted by Gasteiger charge is -2.24. The first-order valence-corrected chi connectivity index (χ1v) is 13.2. The number of anilines is 1. The number of hydrogen-bond donors (Lipinski definition) is 1. The quantitative estimate of drug-likeness (QED) is 0.365. The Morgan fingerprint density at radius 1 is 0.917 bits per heavy atom. The summed E-state index contributed by atoms with van der Waals surface area (Å²) in [5.74, 6) is 1.24. The molecule has 0 aliphatic heterocycles. The molecule has 0 fully saturated rings. The third-order valence-corrected chi connectivity index (χ3v) is 7.19. The molecule has 0 aliphatic rings. The van der Waals surface area contributed by atoms with Crippen LogP contribution in [-0.4, -0.2) is 41.2 Å². The summed E-state index contributed by atoms with van der Waals surface area (Å²) in [6.07, 6.45) is 0. The average molecular weight is 533 g/mol. The second-order valence-electron chi connectivity index (χ2n) is 7.59. The van der Waals surface area contributed by atoms with Crippen LogP contribution in [-0.2, 0) is 21.4 Å². The summed E-state index contributed by atoms with van der Waals surface area (Å²) < 4.78 is 44.3. The number of halogens is 1. The van der Waals surface area contributed by atoms with Crippen molar-refractivity contribution in [2.45, 2.75) is 25.3 Å². The molecule has 0 atom stereocenters. The van der Waals surface area contributed by atoms with Gasteiger partial charge in [0.05, 0.1) is 30.9 Å². The van der Waals surface area contributed by atoms with Gasteiger partial charge in [0.2, 0.25) is 5.91 Å². The number of benzene rings is 3. The number of sulfonamides is 1. The Bertz CT molecular complexity index is 1260. The highest BCUT2D eigenvalue weighted by atomic mass is 35.5. The maximum Gasteiger partial charge on any atom is 0.264 e. The van der Waals surface area contributed by atoms with Crippen molar-refractivity contribution >= 4 is 33.2 Å². The predicted molar refractivity (Wildman–Crippen MR) is 140 cm³/mol. The maximum atomic E-state index is 13.5. The number of hydrogen-bond acceptors (Lipinski definition) is 6. The Balaban J connectivity index is 1.81. The lowest BCUT2D eigenvalue weighted by molar-refractivity contribution is -0.119. The fraction of sp³-hybridized carbons (Fsp3) is 0.269. The zero-order chi connectivity index (χ0) is 26.1. The molecule has 1 amide bonds. The molecule has 192 valence electrons. The Kier molecular flexibility index (Phi) is 9.44. The number of methoxy groups -OCH3 is 1. The first kappa shape index (κ1) is 27.2. The summed E-state index contributed by atoms with van der Waals surface area (Å²) in [4.78, 5) is 12.9. The Morgan fingerprint density at radius 3 is 2.17 bits per heavy atom. The summed E-state index contributed by atoms with van der Waals surface area (Å²) >= 11 is 5.99. The van der Waals surface area contributed by atoms with Gasteiger partial charge in [-0.2, -0.15) is 0 Å². The van der Waals surface area contributed by atoms with E-state index in [0.29, 0.717) is 41.2 Å². The van der Waals surface area contributed by atoms with Crippen molar-refractivity contribution in [3.8, 4) is 17.2 Å². The van der Waals surface area contributed by atoms with E-state index in [2.05, 4.69) is 5.32 Å². The van der Waals surface area contributed by atoms with Gasteiger partial charge in [-0.25, -0.2) is 8.42 Å². The van der Waals surface area contributed by atoms with E-state index in [1.165, 1.54) is 19.2 Å². The van der Waals surface area contributed by atoms with Gasteiger partial charge in [0.15, 0.2) is 11.5 Å². The fourth-order valence-electron chi connectivity index (χ4n) is 3.39. The first-order valence-electron chi connectivity index (χ1n) is 11.4. The fourth-order valence-corrected chi connectivity index (χ4v) is 4.94. The summed E-state index contributed by atoms with van der Waals surface area (Å²) in [5.41, 5.74) is 1.09. The van der Waals surface area contributed by atoms with E-state index in [-0.39, 0.29) is 11.4 Å². The van der Waals surface area contributed by atoms with E-state index in [9.17, 15) is 13.2 Å². The van der Waals surface area contributed by atoms with Gasteiger partial charge >= 0.3 is 0 Å². The molecule has 10 heteroatoms. The largest absolute Gasteiger partial charge is 0.497 e. The van der Waals surface area contributed by atoms with Crippen LogP contribution in [0.15, 0.2) is 71.6 Å². The van der Waals surface area contributed by atoms with Crippen molar-refractivity contribution in [3.05, 3.63) is 77.3 Å². The Morgan fingerprint density at radius 2 is 1.56 bits per heavy atom. The molecule has 8 nitrogen and oxygen atoms in total. The number of rotatable bonds is 12. The van der Waals surface area contributed by atoms with E-state index < -0.39 is 22.5 Å². The molecule has 3 aromatic carbocycles. The average Bonchev–Trinajstić information content (AvgIpc) is 2.88. The van der Waals surface area contributed by atoms with Gasteiger partial charge in [-0.15, -0.1) is 0 Å². The Hall–Kier alpha value is -3.43. The van der Waals surface area contributed by atoms with Crippen LogP contribution < -0.4 is 23.8 Å². The van der Waals surface area contributed by atoms with Crippen LogP contribution in [0.25, 0.3) is 0 Å². The third kappa shape index (κ3) is 6.83. The lowest BCUT2D eigenvalue weighted by Crippen LogP contribution is -2.40. The van der Waals surface area contributed by atoms with Crippen LogP contribution in [0.3, 0.4) is 0 Å². The van der Waals surface area contributed by atoms with Crippen LogP contribution in [0, 0.1) is 0 Å². The molecule has 0 saturated carbocycles. The summed E-state index contributed by atoms with van der Waals surface area (Å²) in [6, 6.07) is 17.6. The van der Waals surface area contributed by atoms with E-state index in [4.69, 9.17) is 25.8 Å². The van der Waals surface area contributed by atoms with E-state index >= 15 is 0 Å². The number of ether oxygens (including phenoxy) is 3. The minimum atomic E-state index is -4.06. The van der Waals surface area contributed by atoms with Crippen LogP contribution in [0.5, 0.6) is 17.2 Å². The van der Waals surface area contributed by atoms with Gasteiger partial charge in [0, 0.05) is 11.6 Å². The van der Waals surface area contributed by atoms with Crippen LogP contribution in [0.2, 0.25) is 5.02 Å². The van der Waals surface area contributed by atoms with Crippen LogP contribution in [0.1, 0.15) is 19.4 Å². The highest BCUT2D eigenvalue weighted by Crippen LogP contribution is 2.29. The molecule has 3 rings (SSSR count). The molecule has 1 N–H and O–H groups in total. The molecule has 36 heavy (non-hydrogen) atoms. The predicted octanol–water partition coefficient (Wildman–Crippen LogP) is 4.66. The molecular weight excluding hydrogens is 504 g/mol. The van der Waals surface area contributed by atoms with Crippen molar-refractivity contribution in [2.24, 2.45) is 0 Å². The smallest absolute Gasteiger partial charge is 0.264 e. The van der Waals surface area contributed by atoms with Gasteiger partial charge in [-0.1, -0.05) is 17.7 Å². The maximum absolute atomic E-state index is 13.5. The van der Waals surface area contributed by atoms with E-state index in [1.54, 1.807) is 48.5 Å². The van der Waals surface area contributed by atoms with Crippen LogP contribution in [0.4, 0.5) is 5.69 Å². The molecule has 0 unspecified atom stereocenters. The van der Waals surface area contributed by atoms with Gasteiger partial charge < -0.3 is 19.5 Å². The highest BCUT2D eigenvalue weighted by molar-refractivity contribution is 7.92. The zero-order valence-corrected chi connectivity index (χ0v) is 21.9. The normalized spacial score (nSPS) is 11.0. The first-order chi connectivity index (χ1) is 17.3. The molecule has 0 aliphatic carbocycles. The summed E-state index contributed by atoms with van der Waals surface area (Å²) in [6.45, 7) is 4.48. The number of nitrogens with zero attached hydrogens (tertiary/aromatic N) is 1. The van der Waals surface area contributed by atoms with Crippen molar-refractivity contribution in [2.75, 3.05) is 31.2 Å². The Labute approximate surface area is 216 Å². The molecule has 0 bridgehead atoms. The molecule has 0 saturated heterocycles. The molecule has 0 radical (unpaired) electrons. The zero-order valence-electron chi connectivity index (χ0n) is 20.4. The lowest BCUT2D eigenvalue weighted by atomic mass is 10.2. The minimum Gasteiger partial charge on any atom is -0.497 e. The monoisotopic (exact) mass is 532 g/mol. The van der Waals surface area contributed by atoms with E-state index in [1.807, 2.05) is 19.9 Å². The SMILES string of the molecule is CCOc1ccc(CNC(=O)CN(c2ccc(Cl)cc2)S(=O)(=O)c2ccc(OC)cc2)cc1OCC. The number of nitrogens with one attached hydrogen (secondary N) is 1. The molecular formula is C26H29ClN2O6S. The standard InChI is InChI=1S/C26H29ClN2O6S/c1-4-34-24-15-6-19(16-25(24)35-5-2)17-28-26(30)18-29(21-9-7-20(27)8-10-21)36(31,32)23-13-11-22(33-3)12-14-23/h6-16H,4-5,17-18H2,1-3H3,(H,28,30). The van der Waals surface area contributed by atoms with Crippen LogP contribution >= 0.6 is 11.6 Å².